The third-order valence-electron chi connectivity index (χ3n) is 2.30. The van der Waals surface area contributed by atoms with Crippen LogP contribution in [0, 0.1) is 0 Å². The van der Waals surface area contributed by atoms with E-state index >= 15 is 0 Å². The number of ether oxygens (including phenoxy) is 1. The quantitative estimate of drug-likeness (QED) is 0.806. The minimum absolute atomic E-state index is 0.386. The Morgan fingerprint density at radius 1 is 1.40 bits per heavy atom. The molecular formula is C12H16O3. The SMILES string of the molecule is CCOC(C)(Cc1ccccc1)C(=O)O. The molecule has 0 heterocycles. The van der Waals surface area contributed by atoms with Crippen molar-refractivity contribution in [2.24, 2.45) is 0 Å². The summed E-state index contributed by atoms with van der Waals surface area (Å²) < 4.78 is 5.30. The Morgan fingerprint density at radius 2 is 2.00 bits per heavy atom. The van der Waals surface area contributed by atoms with Crippen molar-refractivity contribution in [1.29, 1.82) is 0 Å². The van der Waals surface area contributed by atoms with Crippen molar-refractivity contribution in [2.45, 2.75) is 25.9 Å². The zero-order chi connectivity index (χ0) is 11.3. The average molecular weight is 208 g/mol. The number of aliphatic carboxylic acids is 1. The summed E-state index contributed by atoms with van der Waals surface area (Å²) in [6, 6.07) is 9.50. The summed E-state index contributed by atoms with van der Waals surface area (Å²) in [6.07, 6.45) is 0.386. The van der Waals surface area contributed by atoms with Gasteiger partial charge in [0.2, 0.25) is 0 Å². The molecule has 1 atom stereocenters. The van der Waals surface area contributed by atoms with Gasteiger partial charge in [-0.2, -0.15) is 0 Å². The number of carboxylic acid groups (broad SMARTS) is 1. The predicted octanol–water partition coefficient (Wildman–Crippen LogP) is 2.11. The van der Waals surface area contributed by atoms with Gasteiger partial charge in [0.1, 0.15) is 0 Å². The van der Waals surface area contributed by atoms with E-state index in [1.165, 1.54) is 0 Å². The van der Waals surface area contributed by atoms with Crippen LogP contribution in [0.3, 0.4) is 0 Å². The van der Waals surface area contributed by atoms with Gasteiger partial charge in [-0.25, -0.2) is 4.79 Å². The fraction of sp³-hybridized carbons (Fsp3) is 0.417. The Kier molecular flexibility index (Phi) is 3.86. The third kappa shape index (κ3) is 3.06. The highest BCUT2D eigenvalue weighted by atomic mass is 16.5. The number of carboxylic acids is 1. The van der Waals surface area contributed by atoms with Gasteiger partial charge in [0, 0.05) is 13.0 Å². The molecule has 0 spiro atoms. The summed E-state index contributed by atoms with van der Waals surface area (Å²) in [5.74, 6) is -0.923. The molecule has 0 radical (unpaired) electrons. The highest BCUT2D eigenvalue weighted by Gasteiger charge is 2.33. The summed E-state index contributed by atoms with van der Waals surface area (Å²) in [7, 11) is 0. The van der Waals surface area contributed by atoms with Crippen LogP contribution in [-0.4, -0.2) is 23.3 Å². The van der Waals surface area contributed by atoms with Crippen molar-refractivity contribution in [1.82, 2.24) is 0 Å². The molecule has 15 heavy (non-hydrogen) atoms. The summed E-state index contributed by atoms with van der Waals surface area (Å²) in [6.45, 7) is 3.80. The van der Waals surface area contributed by atoms with E-state index in [0.717, 1.165) is 5.56 Å². The molecule has 0 saturated heterocycles. The largest absolute Gasteiger partial charge is 0.479 e. The maximum Gasteiger partial charge on any atom is 0.336 e. The maximum absolute atomic E-state index is 11.1. The second kappa shape index (κ2) is 4.94. The van der Waals surface area contributed by atoms with E-state index in [1.54, 1.807) is 13.8 Å². The van der Waals surface area contributed by atoms with Crippen molar-refractivity contribution in [2.75, 3.05) is 6.61 Å². The van der Waals surface area contributed by atoms with Crippen LogP contribution in [0.25, 0.3) is 0 Å². The van der Waals surface area contributed by atoms with E-state index in [1.807, 2.05) is 30.3 Å². The fourth-order valence-corrected chi connectivity index (χ4v) is 1.49. The minimum Gasteiger partial charge on any atom is -0.479 e. The van der Waals surface area contributed by atoms with Crippen LogP contribution in [0.2, 0.25) is 0 Å². The van der Waals surface area contributed by atoms with Crippen LogP contribution < -0.4 is 0 Å². The molecule has 0 aromatic heterocycles. The second-order valence-electron chi connectivity index (χ2n) is 3.63. The molecule has 1 rings (SSSR count). The lowest BCUT2D eigenvalue weighted by Crippen LogP contribution is -2.40. The predicted molar refractivity (Wildman–Crippen MR) is 57.8 cm³/mol. The van der Waals surface area contributed by atoms with Crippen molar-refractivity contribution >= 4 is 5.97 Å². The first-order valence-electron chi connectivity index (χ1n) is 5.00. The van der Waals surface area contributed by atoms with E-state index in [0.29, 0.717) is 13.0 Å². The van der Waals surface area contributed by atoms with Gasteiger partial charge in [-0.1, -0.05) is 30.3 Å². The van der Waals surface area contributed by atoms with E-state index < -0.39 is 11.6 Å². The van der Waals surface area contributed by atoms with Crippen molar-refractivity contribution < 1.29 is 14.6 Å². The highest BCUT2D eigenvalue weighted by molar-refractivity contribution is 5.77. The summed E-state index contributed by atoms with van der Waals surface area (Å²) in [5, 5.41) is 9.10. The first-order valence-corrected chi connectivity index (χ1v) is 5.00. The van der Waals surface area contributed by atoms with Gasteiger partial charge in [-0.15, -0.1) is 0 Å². The Hall–Kier alpha value is -1.35. The Balaban J connectivity index is 2.80. The molecule has 1 aromatic carbocycles. The summed E-state index contributed by atoms with van der Waals surface area (Å²) >= 11 is 0. The number of benzene rings is 1. The van der Waals surface area contributed by atoms with Crippen LogP contribution in [0.5, 0.6) is 0 Å². The van der Waals surface area contributed by atoms with Crippen molar-refractivity contribution in [3.63, 3.8) is 0 Å². The number of carbonyl (C=O) groups is 1. The lowest BCUT2D eigenvalue weighted by Gasteiger charge is -2.24. The van der Waals surface area contributed by atoms with Gasteiger partial charge in [0.05, 0.1) is 0 Å². The topological polar surface area (TPSA) is 46.5 Å². The van der Waals surface area contributed by atoms with E-state index in [2.05, 4.69) is 0 Å². The molecule has 1 aromatic rings. The Labute approximate surface area is 89.7 Å². The smallest absolute Gasteiger partial charge is 0.336 e. The zero-order valence-corrected chi connectivity index (χ0v) is 9.06. The standard InChI is InChI=1S/C12H16O3/c1-3-15-12(2,11(13)14)9-10-7-5-4-6-8-10/h4-8H,3,9H2,1-2H3,(H,13,14). The van der Waals surface area contributed by atoms with Gasteiger partial charge in [-0.05, 0) is 19.4 Å². The molecule has 1 unspecified atom stereocenters. The van der Waals surface area contributed by atoms with Crippen LogP contribution >= 0.6 is 0 Å². The molecule has 0 bridgehead atoms. The number of hydrogen-bond acceptors (Lipinski definition) is 2. The summed E-state index contributed by atoms with van der Waals surface area (Å²) in [5.41, 5.74) is -0.160. The fourth-order valence-electron chi connectivity index (χ4n) is 1.49. The van der Waals surface area contributed by atoms with Crippen LogP contribution in [0.15, 0.2) is 30.3 Å². The minimum atomic E-state index is -1.13. The van der Waals surface area contributed by atoms with Crippen LogP contribution in [-0.2, 0) is 16.0 Å². The molecular weight excluding hydrogens is 192 g/mol. The molecule has 0 fully saturated rings. The van der Waals surface area contributed by atoms with Crippen molar-refractivity contribution in [3.8, 4) is 0 Å². The first-order chi connectivity index (χ1) is 7.08. The molecule has 0 saturated carbocycles. The van der Waals surface area contributed by atoms with E-state index in [-0.39, 0.29) is 0 Å². The summed E-state index contributed by atoms with van der Waals surface area (Å²) in [4.78, 5) is 11.1. The molecule has 1 N–H and O–H groups in total. The lowest BCUT2D eigenvalue weighted by atomic mass is 9.96. The van der Waals surface area contributed by atoms with Gasteiger partial charge in [0.25, 0.3) is 0 Å². The first kappa shape index (κ1) is 11.7. The lowest BCUT2D eigenvalue weighted by molar-refractivity contribution is -0.162. The van der Waals surface area contributed by atoms with Gasteiger partial charge in [0.15, 0.2) is 5.60 Å². The Bertz CT molecular complexity index is 321. The molecule has 0 aliphatic carbocycles. The van der Waals surface area contributed by atoms with Crippen molar-refractivity contribution in [3.05, 3.63) is 35.9 Å². The monoisotopic (exact) mass is 208 g/mol. The normalized spacial score (nSPS) is 14.5. The molecule has 82 valence electrons. The average Bonchev–Trinajstić information content (AvgIpc) is 2.19. The number of hydrogen-bond donors (Lipinski definition) is 1. The maximum atomic E-state index is 11.1. The zero-order valence-electron chi connectivity index (χ0n) is 9.06. The van der Waals surface area contributed by atoms with Gasteiger partial charge in [-0.3, -0.25) is 0 Å². The van der Waals surface area contributed by atoms with Crippen LogP contribution in [0.1, 0.15) is 19.4 Å². The second-order valence-corrected chi connectivity index (χ2v) is 3.63. The van der Waals surface area contributed by atoms with E-state index in [4.69, 9.17) is 9.84 Å². The molecule has 0 amide bonds. The van der Waals surface area contributed by atoms with Gasteiger partial charge < -0.3 is 9.84 Å². The van der Waals surface area contributed by atoms with Gasteiger partial charge >= 0.3 is 5.97 Å². The third-order valence-corrected chi connectivity index (χ3v) is 2.30. The highest BCUT2D eigenvalue weighted by Crippen LogP contribution is 2.17. The Morgan fingerprint density at radius 3 is 2.47 bits per heavy atom. The number of rotatable bonds is 5. The molecule has 0 aliphatic rings. The molecule has 3 nitrogen and oxygen atoms in total. The van der Waals surface area contributed by atoms with E-state index in [9.17, 15) is 4.79 Å². The van der Waals surface area contributed by atoms with Crippen LogP contribution in [0.4, 0.5) is 0 Å². The molecule has 3 heteroatoms. The molecule has 0 aliphatic heterocycles.